The minimum Gasteiger partial charge on any atom is -0.497 e. The fourth-order valence-corrected chi connectivity index (χ4v) is 4.82. The number of piperidine rings is 1. The third kappa shape index (κ3) is 3.98. The lowest BCUT2D eigenvalue weighted by Crippen LogP contribution is -2.53. The predicted octanol–water partition coefficient (Wildman–Crippen LogP) is 4.87. The zero-order valence-electron chi connectivity index (χ0n) is 16.3. The van der Waals surface area contributed by atoms with Gasteiger partial charge in [-0.25, -0.2) is 0 Å². The van der Waals surface area contributed by atoms with Crippen LogP contribution in [-0.2, 0) is 17.6 Å². The van der Waals surface area contributed by atoms with Gasteiger partial charge in [-0.3, -0.25) is 4.79 Å². The number of benzene rings is 2. The first kappa shape index (κ1) is 19.8. The Morgan fingerprint density at radius 2 is 1.83 bits per heavy atom. The van der Waals surface area contributed by atoms with Crippen LogP contribution < -0.4 is 4.74 Å². The van der Waals surface area contributed by atoms with Gasteiger partial charge in [0.05, 0.1) is 7.11 Å². The third-order valence-electron chi connectivity index (χ3n) is 6.17. The van der Waals surface area contributed by atoms with Gasteiger partial charge in [-0.15, -0.1) is 0 Å². The van der Waals surface area contributed by atoms with Crippen molar-refractivity contribution >= 4 is 5.91 Å². The van der Waals surface area contributed by atoms with Crippen molar-refractivity contribution in [2.45, 2.75) is 50.2 Å². The quantitative estimate of drug-likeness (QED) is 0.732. The molecule has 0 N–H and O–H groups in total. The molecule has 2 aromatic carbocycles. The monoisotopic (exact) mass is 403 g/mol. The molecule has 0 bridgehead atoms. The van der Waals surface area contributed by atoms with E-state index in [1.165, 1.54) is 16.7 Å². The van der Waals surface area contributed by atoms with Gasteiger partial charge in [0.15, 0.2) is 0 Å². The number of likely N-dealkylation sites (tertiary alicyclic amines) is 1. The Balaban J connectivity index is 1.54. The number of nitrogens with zero attached hydrogens (tertiary/aromatic N) is 1. The van der Waals surface area contributed by atoms with Crippen molar-refractivity contribution in [1.29, 1.82) is 0 Å². The molecular weight excluding hydrogens is 379 g/mol. The smallest absolute Gasteiger partial charge is 0.471 e. The van der Waals surface area contributed by atoms with Crippen LogP contribution in [0.5, 0.6) is 5.75 Å². The van der Waals surface area contributed by atoms with Crippen LogP contribution in [0.1, 0.15) is 47.4 Å². The summed E-state index contributed by atoms with van der Waals surface area (Å²) >= 11 is 0. The lowest BCUT2D eigenvalue weighted by Gasteiger charge is -2.45. The molecule has 6 heteroatoms. The molecule has 1 amide bonds. The number of amides is 1. The SMILES string of the molecule is COc1ccc(Cc2ccc3c(c2)CCC2C3CCCN2C(=O)C(F)(F)F)cc1. The van der Waals surface area contributed by atoms with Gasteiger partial charge in [-0.2, -0.15) is 13.2 Å². The second-order valence-corrected chi connectivity index (χ2v) is 7.91. The maximum absolute atomic E-state index is 13.0. The molecule has 3 nitrogen and oxygen atoms in total. The van der Waals surface area contributed by atoms with Gasteiger partial charge in [-0.1, -0.05) is 30.3 Å². The molecule has 4 rings (SSSR count). The van der Waals surface area contributed by atoms with Crippen molar-refractivity contribution in [1.82, 2.24) is 4.90 Å². The highest BCUT2D eigenvalue weighted by Crippen LogP contribution is 2.42. The van der Waals surface area contributed by atoms with Crippen LogP contribution in [0.2, 0.25) is 0 Å². The fourth-order valence-electron chi connectivity index (χ4n) is 4.82. The van der Waals surface area contributed by atoms with Gasteiger partial charge in [0, 0.05) is 18.5 Å². The molecule has 29 heavy (non-hydrogen) atoms. The predicted molar refractivity (Wildman–Crippen MR) is 104 cm³/mol. The van der Waals surface area contributed by atoms with Gasteiger partial charge in [0.2, 0.25) is 0 Å². The molecule has 0 spiro atoms. The van der Waals surface area contributed by atoms with E-state index < -0.39 is 12.1 Å². The second kappa shape index (κ2) is 7.73. The van der Waals surface area contributed by atoms with E-state index in [1.807, 2.05) is 24.3 Å². The molecule has 1 saturated heterocycles. The Kier molecular flexibility index (Phi) is 5.28. The van der Waals surface area contributed by atoms with Crippen LogP contribution in [0.25, 0.3) is 0 Å². The number of carbonyl (C=O) groups excluding carboxylic acids is 1. The topological polar surface area (TPSA) is 29.5 Å². The molecular formula is C23H24F3NO2. The summed E-state index contributed by atoms with van der Waals surface area (Å²) < 4.78 is 44.2. The Labute approximate surface area is 168 Å². The molecule has 0 radical (unpaired) electrons. The molecule has 0 aromatic heterocycles. The number of halogens is 3. The number of fused-ring (bicyclic) bond motifs is 3. The maximum atomic E-state index is 13.0. The summed E-state index contributed by atoms with van der Waals surface area (Å²) in [6.45, 7) is 0.199. The Morgan fingerprint density at radius 1 is 1.10 bits per heavy atom. The molecule has 2 atom stereocenters. The van der Waals surface area contributed by atoms with Crippen LogP contribution in [0.3, 0.4) is 0 Å². The van der Waals surface area contributed by atoms with Gasteiger partial charge in [0.1, 0.15) is 5.75 Å². The van der Waals surface area contributed by atoms with Crippen LogP contribution in [0.15, 0.2) is 42.5 Å². The van der Waals surface area contributed by atoms with Crippen LogP contribution in [-0.4, -0.2) is 36.7 Å². The molecule has 1 aliphatic heterocycles. The number of carbonyl (C=O) groups is 1. The average Bonchev–Trinajstić information content (AvgIpc) is 2.72. The highest BCUT2D eigenvalue weighted by molar-refractivity contribution is 5.82. The lowest BCUT2D eigenvalue weighted by molar-refractivity contribution is -0.189. The summed E-state index contributed by atoms with van der Waals surface area (Å²) in [4.78, 5) is 13.0. The number of hydrogen-bond acceptors (Lipinski definition) is 2. The first-order valence-electron chi connectivity index (χ1n) is 9.99. The van der Waals surface area contributed by atoms with Gasteiger partial charge in [0.25, 0.3) is 0 Å². The van der Waals surface area contributed by atoms with Crippen molar-refractivity contribution in [3.8, 4) is 5.75 Å². The largest absolute Gasteiger partial charge is 0.497 e. The van der Waals surface area contributed by atoms with E-state index in [4.69, 9.17) is 4.74 Å². The van der Waals surface area contributed by atoms with Gasteiger partial charge >= 0.3 is 12.1 Å². The van der Waals surface area contributed by atoms with E-state index in [2.05, 4.69) is 18.2 Å². The summed E-state index contributed by atoms with van der Waals surface area (Å²) in [7, 11) is 1.64. The third-order valence-corrected chi connectivity index (χ3v) is 6.17. The minimum atomic E-state index is -4.80. The molecule has 2 unspecified atom stereocenters. The van der Waals surface area contributed by atoms with Crippen molar-refractivity contribution in [3.63, 3.8) is 0 Å². The van der Waals surface area contributed by atoms with Gasteiger partial charge < -0.3 is 9.64 Å². The molecule has 0 saturated carbocycles. The van der Waals surface area contributed by atoms with E-state index >= 15 is 0 Å². The lowest BCUT2D eigenvalue weighted by atomic mass is 9.73. The van der Waals surface area contributed by atoms with Crippen LogP contribution in [0.4, 0.5) is 13.2 Å². The Bertz CT molecular complexity index is 892. The summed E-state index contributed by atoms with van der Waals surface area (Å²) in [5.41, 5.74) is 4.68. The van der Waals surface area contributed by atoms with Gasteiger partial charge in [-0.05, 0) is 66.5 Å². The molecule has 2 aromatic rings. The summed E-state index contributed by atoms with van der Waals surface area (Å²) in [5, 5.41) is 0. The Morgan fingerprint density at radius 3 is 2.52 bits per heavy atom. The first-order valence-corrected chi connectivity index (χ1v) is 9.99. The number of hydrogen-bond donors (Lipinski definition) is 0. The normalized spacial score (nSPS) is 21.3. The number of aryl methyl sites for hydroxylation is 1. The molecule has 154 valence electrons. The zero-order valence-corrected chi connectivity index (χ0v) is 16.3. The maximum Gasteiger partial charge on any atom is 0.471 e. The number of ether oxygens (including phenoxy) is 1. The van der Waals surface area contributed by atoms with Crippen LogP contribution in [0, 0.1) is 0 Å². The summed E-state index contributed by atoms with van der Waals surface area (Å²) in [6.07, 6.45) is -1.28. The number of rotatable bonds is 3. The van der Waals surface area contributed by atoms with Crippen molar-refractivity contribution < 1.29 is 22.7 Å². The van der Waals surface area contributed by atoms with E-state index in [-0.39, 0.29) is 18.5 Å². The molecule has 1 fully saturated rings. The number of methoxy groups -OCH3 is 1. The standard InChI is InChI=1S/C23H24F3NO2/c1-29-18-8-4-15(5-9-18)13-16-6-10-19-17(14-16)7-11-21-20(19)3-2-12-27(21)22(28)23(24,25)26/h4-6,8-10,14,20-21H,2-3,7,11-13H2,1H3. The van der Waals surface area contributed by atoms with E-state index in [0.717, 1.165) is 29.1 Å². The molecule has 2 aliphatic rings. The minimum absolute atomic E-state index is 0.00571. The first-order chi connectivity index (χ1) is 13.9. The Hall–Kier alpha value is -2.50. The van der Waals surface area contributed by atoms with E-state index in [1.54, 1.807) is 7.11 Å². The summed E-state index contributed by atoms with van der Waals surface area (Å²) in [6, 6.07) is 13.9. The van der Waals surface area contributed by atoms with Crippen molar-refractivity contribution in [3.05, 3.63) is 64.7 Å². The van der Waals surface area contributed by atoms with Crippen molar-refractivity contribution in [2.75, 3.05) is 13.7 Å². The second-order valence-electron chi connectivity index (χ2n) is 7.91. The highest BCUT2D eigenvalue weighted by atomic mass is 19.4. The average molecular weight is 403 g/mol. The highest BCUT2D eigenvalue weighted by Gasteiger charge is 2.48. The molecule has 1 heterocycles. The number of alkyl halides is 3. The molecule has 1 aliphatic carbocycles. The van der Waals surface area contributed by atoms with Crippen molar-refractivity contribution in [2.24, 2.45) is 0 Å². The fraction of sp³-hybridized carbons (Fsp3) is 0.435. The van der Waals surface area contributed by atoms with Crippen LogP contribution >= 0.6 is 0 Å². The van der Waals surface area contributed by atoms with E-state index in [9.17, 15) is 18.0 Å². The summed E-state index contributed by atoms with van der Waals surface area (Å²) in [5.74, 6) is -0.874. The van der Waals surface area contributed by atoms with E-state index in [0.29, 0.717) is 19.3 Å². The zero-order chi connectivity index (χ0) is 20.6.